The van der Waals surface area contributed by atoms with Gasteiger partial charge in [0, 0.05) is 30.2 Å². The van der Waals surface area contributed by atoms with Crippen molar-refractivity contribution in [1.29, 1.82) is 0 Å². The van der Waals surface area contributed by atoms with E-state index >= 15 is 0 Å². The van der Waals surface area contributed by atoms with Crippen LogP contribution in [-0.2, 0) is 6.54 Å². The van der Waals surface area contributed by atoms with Gasteiger partial charge in [0.05, 0.1) is 0 Å². The third-order valence-electron chi connectivity index (χ3n) is 3.27. The molecule has 22 heavy (non-hydrogen) atoms. The molecule has 0 aliphatic carbocycles. The average molecular weight is 334 g/mol. The van der Waals surface area contributed by atoms with E-state index in [-0.39, 0.29) is 18.3 Å². The number of nitrogens with one attached hydrogen (secondary N) is 2. The zero-order valence-electron chi connectivity index (χ0n) is 13.2. The molecule has 0 aromatic heterocycles. The average Bonchev–Trinajstić information content (AvgIpc) is 2.45. The highest BCUT2D eigenvalue weighted by Gasteiger charge is 2.12. The first kappa shape index (κ1) is 18.5. The molecule has 0 heterocycles. The van der Waals surface area contributed by atoms with Crippen molar-refractivity contribution < 1.29 is 13.5 Å². The van der Waals surface area contributed by atoms with Gasteiger partial charge in [-0.1, -0.05) is 25.4 Å². The summed E-state index contributed by atoms with van der Waals surface area (Å²) in [6, 6.07) is 4.75. The van der Waals surface area contributed by atoms with Crippen molar-refractivity contribution in [2.75, 3.05) is 7.05 Å². The summed E-state index contributed by atoms with van der Waals surface area (Å²) in [5.41, 5.74) is 0.535. The summed E-state index contributed by atoms with van der Waals surface area (Å²) in [6.45, 7) is 3.63. The zero-order chi connectivity index (χ0) is 16.7. The molecule has 0 aliphatic rings. The third kappa shape index (κ3) is 6.05. The van der Waals surface area contributed by atoms with Crippen molar-refractivity contribution in [2.45, 2.75) is 40.0 Å². The van der Waals surface area contributed by atoms with Crippen LogP contribution in [0.4, 0.5) is 8.78 Å². The molecule has 1 aromatic carbocycles. The largest absolute Gasteiger partial charge is 0.434 e. The van der Waals surface area contributed by atoms with Crippen molar-refractivity contribution in [3.63, 3.8) is 0 Å². The molecule has 1 rings (SSSR count). The van der Waals surface area contributed by atoms with E-state index in [1.165, 1.54) is 12.1 Å². The molecule has 124 valence electrons. The van der Waals surface area contributed by atoms with E-state index in [9.17, 15) is 8.78 Å². The normalized spacial score (nSPS) is 13.4. The van der Waals surface area contributed by atoms with Crippen molar-refractivity contribution in [3.05, 3.63) is 28.8 Å². The monoisotopic (exact) mass is 333 g/mol. The van der Waals surface area contributed by atoms with E-state index in [0.717, 1.165) is 0 Å². The van der Waals surface area contributed by atoms with Gasteiger partial charge in [-0.15, -0.1) is 0 Å². The minimum absolute atomic E-state index is 0.0965. The van der Waals surface area contributed by atoms with Crippen LogP contribution in [0.5, 0.6) is 5.75 Å². The van der Waals surface area contributed by atoms with Crippen LogP contribution in [-0.4, -0.2) is 25.7 Å². The fraction of sp³-hybridized carbons (Fsp3) is 0.533. The molecule has 2 N–H and O–H groups in total. The Hall–Kier alpha value is -1.56. The van der Waals surface area contributed by atoms with Crippen molar-refractivity contribution >= 4 is 17.6 Å². The second-order valence-electron chi connectivity index (χ2n) is 5.23. The van der Waals surface area contributed by atoms with E-state index in [4.69, 9.17) is 11.6 Å². The molecule has 7 heteroatoms. The minimum atomic E-state index is -2.88. The highest BCUT2D eigenvalue weighted by molar-refractivity contribution is 6.30. The number of hydrogen-bond donors (Lipinski definition) is 2. The maximum Gasteiger partial charge on any atom is 0.387 e. The predicted octanol–water partition coefficient (Wildman–Crippen LogP) is 3.65. The Kier molecular flexibility index (Phi) is 7.38. The number of aliphatic imine (C=N–C) groups is 1. The molecular formula is C15H22ClF2N3O. The maximum absolute atomic E-state index is 12.4. The second kappa shape index (κ2) is 8.78. The molecule has 0 aliphatic heterocycles. The number of rotatable bonds is 6. The van der Waals surface area contributed by atoms with Crippen LogP contribution in [0.25, 0.3) is 0 Å². The van der Waals surface area contributed by atoms with Gasteiger partial charge in [-0.3, -0.25) is 4.99 Å². The van der Waals surface area contributed by atoms with Gasteiger partial charge < -0.3 is 15.4 Å². The van der Waals surface area contributed by atoms with Gasteiger partial charge in [-0.05, 0) is 31.0 Å². The van der Waals surface area contributed by atoms with Gasteiger partial charge in [0.2, 0.25) is 0 Å². The van der Waals surface area contributed by atoms with Gasteiger partial charge in [-0.2, -0.15) is 8.78 Å². The van der Waals surface area contributed by atoms with Crippen LogP contribution >= 0.6 is 11.6 Å². The Morgan fingerprint density at radius 3 is 2.55 bits per heavy atom. The quantitative estimate of drug-likeness (QED) is 0.617. The first-order chi connectivity index (χ1) is 10.3. The first-order valence-electron chi connectivity index (χ1n) is 7.04. The molecule has 0 radical (unpaired) electrons. The summed E-state index contributed by atoms with van der Waals surface area (Å²) in [6.07, 6.45) is 0. The Balaban J connectivity index is 2.75. The molecule has 0 bridgehead atoms. The fourth-order valence-electron chi connectivity index (χ4n) is 1.65. The van der Waals surface area contributed by atoms with Crippen LogP contribution < -0.4 is 15.4 Å². The third-order valence-corrected chi connectivity index (χ3v) is 3.51. The molecule has 1 aromatic rings. The number of benzene rings is 1. The lowest BCUT2D eigenvalue weighted by atomic mass is 10.1. The standard InChI is InChI=1S/C15H22ClF2N3O/c1-9(2)10(3)21-15(19-4)20-8-11-7-12(16)5-6-13(11)22-14(17)18/h5-7,9-10,14H,8H2,1-4H3,(H2,19,20,21). The van der Waals surface area contributed by atoms with Crippen molar-refractivity contribution in [2.24, 2.45) is 10.9 Å². The van der Waals surface area contributed by atoms with E-state index < -0.39 is 6.61 Å². The van der Waals surface area contributed by atoms with E-state index in [2.05, 4.69) is 34.2 Å². The molecule has 0 saturated carbocycles. The summed E-state index contributed by atoms with van der Waals surface area (Å²) in [4.78, 5) is 4.11. The molecule has 1 unspecified atom stereocenters. The Labute approximate surface area is 134 Å². The van der Waals surface area contributed by atoms with Crippen LogP contribution in [0.3, 0.4) is 0 Å². The predicted molar refractivity (Wildman–Crippen MR) is 85.7 cm³/mol. The van der Waals surface area contributed by atoms with Crippen molar-refractivity contribution in [3.8, 4) is 5.75 Å². The number of guanidine groups is 1. The number of alkyl halides is 2. The zero-order valence-corrected chi connectivity index (χ0v) is 13.9. The highest BCUT2D eigenvalue weighted by atomic mass is 35.5. The topological polar surface area (TPSA) is 45.7 Å². The minimum Gasteiger partial charge on any atom is -0.434 e. The SMILES string of the molecule is CN=C(NCc1cc(Cl)ccc1OC(F)F)NC(C)C(C)C. The molecule has 0 spiro atoms. The van der Waals surface area contributed by atoms with Gasteiger partial charge in [0.15, 0.2) is 5.96 Å². The van der Waals surface area contributed by atoms with E-state index in [1.807, 2.05) is 6.92 Å². The van der Waals surface area contributed by atoms with Crippen LogP contribution in [0.2, 0.25) is 5.02 Å². The number of halogens is 3. The second-order valence-corrected chi connectivity index (χ2v) is 5.67. The van der Waals surface area contributed by atoms with Crippen molar-refractivity contribution in [1.82, 2.24) is 10.6 Å². The lowest BCUT2D eigenvalue weighted by Gasteiger charge is -2.21. The molecule has 4 nitrogen and oxygen atoms in total. The van der Waals surface area contributed by atoms with Crippen LogP contribution in [0.1, 0.15) is 26.3 Å². The molecule has 0 amide bonds. The van der Waals surface area contributed by atoms with Crippen LogP contribution in [0.15, 0.2) is 23.2 Å². The maximum atomic E-state index is 12.4. The Morgan fingerprint density at radius 1 is 1.32 bits per heavy atom. The molecule has 0 saturated heterocycles. The molecule has 0 fully saturated rings. The smallest absolute Gasteiger partial charge is 0.387 e. The number of nitrogens with zero attached hydrogens (tertiary/aromatic N) is 1. The number of ether oxygens (including phenoxy) is 1. The van der Waals surface area contributed by atoms with Gasteiger partial charge in [-0.25, -0.2) is 0 Å². The van der Waals surface area contributed by atoms with Gasteiger partial charge in [0.1, 0.15) is 5.75 Å². The highest BCUT2D eigenvalue weighted by Crippen LogP contribution is 2.24. The summed E-state index contributed by atoms with van der Waals surface area (Å²) in [5, 5.41) is 6.75. The summed E-state index contributed by atoms with van der Waals surface area (Å²) in [7, 11) is 1.65. The van der Waals surface area contributed by atoms with Gasteiger partial charge >= 0.3 is 6.61 Å². The summed E-state index contributed by atoms with van der Waals surface area (Å²) in [5.74, 6) is 1.12. The molecule has 1 atom stereocenters. The first-order valence-corrected chi connectivity index (χ1v) is 7.41. The summed E-state index contributed by atoms with van der Waals surface area (Å²) >= 11 is 5.91. The van der Waals surface area contributed by atoms with E-state index in [0.29, 0.717) is 22.5 Å². The lowest BCUT2D eigenvalue weighted by Crippen LogP contribution is -2.43. The van der Waals surface area contributed by atoms with Crippen LogP contribution in [0, 0.1) is 5.92 Å². The Bertz CT molecular complexity index is 510. The molecular weight excluding hydrogens is 312 g/mol. The van der Waals surface area contributed by atoms with Gasteiger partial charge in [0.25, 0.3) is 0 Å². The Morgan fingerprint density at radius 2 is 2.00 bits per heavy atom. The fourth-order valence-corrected chi connectivity index (χ4v) is 1.85. The lowest BCUT2D eigenvalue weighted by molar-refractivity contribution is -0.0504. The summed E-state index contributed by atoms with van der Waals surface area (Å²) < 4.78 is 29.3. The number of hydrogen-bond acceptors (Lipinski definition) is 2. The van der Waals surface area contributed by atoms with E-state index in [1.54, 1.807) is 13.1 Å².